The second-order valence-corrected chi connectivity index (χ2v) is 9.01. The van der Waals surface area contributed by atoms with E-state index >= 15 is 0 Å². The lowest BCUT2D eigenvalue weighted by atomic mass is 10.0. The van der Waals surface area contributed by atoms with Gasteiger partial charge in [-0.05, 0) is 60.9 Å². The summed E-state index contributed by atoms with van der Waals surface area (Å²) in [7, 11) is 0. The van der Waals surface area contributed by atoms with Crippen LogP contribution in [0.4, 0.5) is 5.69 Å². The molecule has 0 N–H and O–H groups in total. The van der Waals surface area contributed by atoms with Crippen molar-refractivity contribution in [1.82, 2.24) is 9.88 Å². The highest BCUT2D eigenvalue weighted by Gasteiger charge is 2.34. The molecule has 1 saturated heterocycles. The summed E-state index contributed by atoms with van der Waals surface area (Å²) in [5, 5.41) is 0. The monoisotopic (exact) mass is 469 g/mol. The molecule has 0 atom stereocenters. The number of anilines is 1. The van der Waals surface area contributed by atoms with Gasteiger partial charge in [0.1, 0.15) is 23.6 Å². The predicted octanol–water partition coefficient (Wildman–Crippen LogP) is 5.05. The predicted molar refractivity (Wildman–Crippen MR) is 133 cm³/mol. The summed E-state index contributed by atoms with van der Waals surface area (Å²) in [4.78, 5) is 21.4. The van der Waals surface area contributed by atoms with Gasteiger partial charge in [0.15, 0.2) is 5.58 Å². The number of hydrogen-bond acceptors (Lipinski definition) is 6. The Morgan fingerprint density at radius 1 is 0.914 bits per heavy atom. The van der Waals surface area contributed by atoms with E-state index in [9.17, 15) is 4.79 Å². The molecule has 0 bridgehead atoms. The number of carbonyl (C=O) groups is 1. The Morgan fingerprint density at radius 2 is 1.66 bits per heavy atom. The van der Waals surface area contributed by atoms with Crippen molar-refractivity contribution in [3.05, 3.63) is 78.4 Å². The molecule has 0 radical (unpaired) electrons. The Morgan fingerprint density at radius 3 is 2.49 bits per heavy atom. The van der Waals surface area contributed by atoms with Gasteiger partial charge < -0.3 is 18.8 Å². The van der Waals surface area contributed by atoms with Crippen LogP contribution in [0.15, 0.2) is 77.2 Å². The van der Waals surface area contributed by atoms with Crippen LogP contribution in [0.5, 0.6) is 17.6 Å². The average molecular weight is 470 g/mol. The number of rotatable bonds is 7. The topological polar surface area (TPSA) is 68.0 Å². The third-order valence-electron chi connectivity index (χ3n) is 6.76. The largest absolute Gasteiger partial charge is 0.492 e. The molecule has 7 heteroatoms. The fraction of sp³-hybridized carbons (Fsp3) is 0.286. The number of ether oxygens (including phenoxy) is 2. The fourth-order valence-corrected chi connectivity index (χ4v) is 4.97. The maximum atomic E-state index is 12.6. The number of piperidine rings is 1. The van der Waals surface area contributed by atoms with Crippen molar-refractivity contribution in [2.24, 2.45) is 0 Å². The van der Waals surface area contributed by atoms with Gasteiger partial charge in [-0.2, -0.15) is 4.98 Å². The van der Waals surface area contributed by atoms with Gasteiger partial charge in [-0.15, -0.1) is 0 Å². The van der Waals surface area contributed by atoms with Gasteiger partial charge in [0.25, 0.3) is 0 Å². The lowest BCUT2D eigenvalue weighted by Crippen LogP contribution is -2.47. The highest BCUT2D eigenvalue weighted by Crippen LogP contribution is 2.33. The molecule has 1 aromatic heterocycles. The van der Waals surface area contributed by atoms with Crippen LogP contribution in [0.3, 0.4) is 0 Å². The summed E-state index contributed by atoms with van der Waals surface area (Å²) in [5.74, 6) is 1.67. The Kier molecular flexibility index (Phi) is 5.84. The van der Waals surface area contributed by atoms with E-state index in [1.54, 1.807) is 0 Å². The second kappa shape index (κ2) is 9.43. The van der Waals surface area contributed by atoms with Crippen LogP contribution in [0.2, 0.25) is 0 Å². The van der Waals surface area contributed by atoms with Crippen molar-refractivity contribution in [3.63, 3.8) is 0 Å². The van der Waals surface area contributed by atoms with Crippen molar-refractivity contribution in [2.45, 2.75) is 25.3 Å². The molecule has 4 aromatic rings. The summed E-state index contributed by atoms with van der Waals surface area (Å²) in [6.45, 7) is 3.41. The first-order valence-corrected chi connectivity index (χ1v) is 12.1. The van der Waals surface area contributed by atoms with Gasteiger partial charge in [0.2, 0.25) is 5.91 Å². The third kappa shape index (κ3) is 4.59. The minimum atomic E-state index is 0.224. The third-order valence-corrected chi connectivity index (χ3v) is 6.76. The molecule has 2 aliphatic heterocycles. The number of amides is 1. The van der Waals surface area contributed by atoms with Crippen molar-refractivity contribution < 1.29 is 18.7 Å². The summed E-state index contributed by atoms with van der Waals surface area (Å²) >= 11 is 0. The van der Waals surface area contributed by atoms with Gasteiger partial charge in [0.05, 0.1) is 6.42 Å². The lowest BCUT2D eigenvalue weighted by molar-refractivity contribution is -0.118. The van der Waals surface area contributed by atoms with Crippen LogP contribution < -0.4 is 14.4 Å². The molecule has 0 aliphatic carbocycles. The van der Waals surface area contributed by atoms with E-state index in [1.807, 2.05) is 65.6 Å². The SMILES string of the molecule is O=C1Cc2ccccc2N1C1CCN(CCOc2ccc(Oc3nc4ccccc4o3)cc2)CC1. The molecule has 1 fully saturated rings. The number of fused-ring (bicyclic) bond motifs is 2. The number of carbonyl (C=O) groups excluding carboxylic acids is 1. The summed E-state index contributed by atoms with van der Waals surface area (Å²) in [5.41, 5.74) is 3.72. The van der Waals surface area contributed by atoms with E-state index in [4.69, 9.17) is 13.9 Å². The standard InChI is InChI=1S/C28H27N3O4/c32-27-19-20-5-1-3-7-25(20)31(27)21-13-15-30(16-14-21)17-18-33-22-9-11-23(12-10-22)34-28-29-24-6-2-4-8-26(24)35-28/h1-12,21H,13-19H2. The van der Waals surface area contributed by atoms with Crippen LogP contribution in [-0.2, 0) is 11.2 Å². The quantitative estimate of drug-likeness (QED) is 0.377. The van der Waals surface area contributed by atoms with E-state index in [0.717, 1.165) is 55.0 Å². The zero-order chi connectivity index (χ0) is 23.6. The molecule has 3 heterocycles. The molecule has 3 aromatic carbocycles. The van der Waals surface area contributed by atoms with Gasteiger partial charge in [0, 0.05) is 31.4 Å². The van der Waals surface area contributed by atoms with Crippen molar-refractivity contribution >= 4 is 22.7 Å². The molecule has 0 saturated carbocycles. The molecule has 6 rings (SSSR count). The molecular weight excluding hydrogens is 442 g/mol. The van der Waals surface area contributed by atoms with E-state index in [1.165, 1.54) is 0 Å². The minimum absolute atomic E-state index is 0.224. The molecule has 0 spiro atoms. The summed E-state index contributed by atoms with van der Waals surface area (Å²) in [6, 6.07) is 23.5. The molecule has 1 amide bonds. The first-order chi connectivity index (χ1) is 17.2. The first kappa shape index (κ1) is 21.7. The molecule has 35 heavy (non-hydrogen) atoms. The van der Waals surface area contributed by atoms with Crippen molar-refractivity contribution in [1.29, 1.82) is 0 Å². The van der Waals surface area contributed by atoms with E-state index in [2.05, 4.69) is 22.0 Å². The zero-order valence-corrected chi connectivity index (χ0v) is 19.4. The van der Waals surface area contributed by atoms with Crippen molar-refractivity contribution in [2.75, 3.05) is 31.1 Å². The molecule has 7 nitrogen and oxygen atoms in total. The number of nitrogens with zero attached hydrogens (tertiary/aromatic N) is 3. The second-order valence-electron chi connectivity index (χ2n) is 9.01. The summed E-state index contributed by atoms with van der Waals surface area (Å²) < 4.78 is 17.3. The molecular formula is C28H27N3O4. The van der Waals surface area contributed by atoms with E-state index < -0.39 is 0 Å². The van der Waals surface area contributed by atoms with E-state index in [0.29, 0.717) is 24.4 Å². The Bertz CT molecular complexity index is 1290. The van der Waals surface area contributed by atoms with E-state index in [-0.39, 0.29) is 18.0 Å². The highest BCUT2D eigenvalue weighted by molar-refractivity contribution is 6.01. The smallest absolute Gasteiger partial charge is 0.400 e. The Balaban J connectivity index is 0.964. The number of aromatic nitrogens is 1. The maximum Gasteiger partial charge on any atom is 0.400 e. The Labute approximate surface area is 203 Å². The number of benzene rings is 3. The zero-order valence-electron chi connectivity index (χ0n) is 19.4. The van der Waals surface area contributed by atoms with Gasteiger partial charge >= 0.3 is 6.08 Å². The molecule has 0 unspecified atom stereocenters. The van der Waals surface area contributed by atoms with Gasteiger partial charge in [-0.25, -0.2) is 0 Å². The van der Waals surface area contributed by atoms with Crippen LogP contribution in [0, 0.1) is 0 Å². The van der Waals surface area contributed by atoms with Crippen LogP contribution in [-0.4, -0.2) is 48.1 Å². The molecule has 178 valence electrons. The van der Waals surface area contributed by atoms with Crippen LogP contribution in [0.25, 0.3) is 11.1 Å². The van der Waals surface area contributed by atoms with Crippen molar-refractivity contribution in [3.8, 4) is 17.6 Å². The highest BCUT2D eigenvalue weighted by atomic mass is 16.6. The summed E-state index contributed by atoms with van der Waals surface area (Å²) in [6.07, 6.45) is 2.73. The normalized spacial score (nSPS) is 16.6. The number of para-hydroxylation sites is 3. The lowest BCUT2D eigenvalue weighted by Gasteiger charge is -2.37. The first-order valence-electron chi connectivity index (χ1n) is 12.1. The van der Waals surface area contributed by atoms with Gasteiger partial charge in [-0.3, -0.25) is 9.69 Å². The molecule has 2 aliphatic rings. The number of hydrogen-bond donors (Lipinski definition) is 0. The Hall–Kier alpha value is -3.84. The fourth-order valence-electron chi connectivity index (χ4n) is 4.97. The average Bonchev–Trinajstić information content (AvgIpc) is 3.45. The van der Waals surface area contributed by atoms with Gasteiger partial charge in [-0.1, -0.05) is 30.3 Å². The maximum absolute atomic E-state index is 12.6. The number of oxazole rings is 1. The van der Waals surface area contributed by atoms with Crippen LogP contribution in [0.1, 0.15) is 18.4 Å². The minimum Gasteiger partial charge on any atom is -0.492 e. The van der Waals surface area contributed by atoms with Crippen LogP contribution >= 0.6 is 0 Å². The number of likely N-dealkylation sites (tertiary alicyclic amines) is 1.